The number of benzene rings is 3. The molecule has 210 valence electrons. The molecule has 1 saturated heterocycles. The van der Waals surface area contributed by atoms with Crippen LogP contribution in [0.4, 0.5) is 0 Å². The monoisotopic (exact) mass is 562 g/mol. The van der Waals surface area contributed by atoms with Crippen molar-refractivity contribution in [3.63, 3.8) is 0 Å². The maximum atomic E-state index is 13.7. The fourth-order valence-electron chi connectivity index (χ4n) is 5.40. The Morgan fingerprint density at radius 2 is 1.82 bits per heavy atom. The van der Waals surface area contributed by atoms with Crippen LogP contribution in [0.25, 0.3) is 10.8 Å². The van der Waals surface area contributed by atoms with Crippen LogP contribution in [0.5, 0.6) is 0 Å². The number of aryl methyl sites for hydroxylation is 2. The van der Waals surface area contributed by atoms with Crippen LogP contribution in [0.3, 0.4) is 0 Å². The Balaban J connectivity index is 1.24. The molecule has 10 heteroatoms. The average molecular weight is 563 g/mol. The van der Waals surface area contributed by atoms with Gasteiger partial charge in [-0.15, -0.1) is 0 Å². The molecule has 0 radical (unpaired) electrons. The van der Waals surface area contributed by atoms with Gasteiger partial charge in [0.2, 0.25) is 10.0 Å². The molecule has 1 aliphatic heterocycles. The van der Waals surface area contributed by atoms with Gasteiger partial charge in [-0.05, 0) is 42.7 Å². The Kier molecular flexibility index (Phi) is 8.32. The Labute approximate surface area is 234 Å². The summed E-state index contributed by atoms with van der Waals surface area (Å²) in [5.74, 6) is 0.0955. The smallest absolute Gasteiger partial charge is 0.252 e. The van der Waals surface area contributed by atoms with Crippen molar-refractivity contribution in [2.75, 3.05) is 26.2 Å². The third kappa shape index (κ3) is 6.10. The largest absolute Gasteiger partial charge is 0.390 e. The summed E-state index contributed by atoms with van der Waals surface area (Å²) >= 11 is 0. The summed E-state index contributed by atoms with van der Waals surface area (Å²) in [7, 11) is -3.98. The Morgan fingerprint density at radius 3 is 2.58 bits per heavy atom. The number of sulfonamides is 1. The lowest BCUT2D eigenvalue weighted by molar-refractivity contribution is 0.0926. The van der Waals surface area contributed by atoms with Gasteiger partial charge in [0.25, 0.3) is 5.91 Å². The first-order chi connectivity index (χ1) is 19.2. The number of amides is 1. The molecule has 2 heterocycles. The van der Waals surface area contributed by atoms with Crippen LogP contribution in [-0.2, 0) is 16.6 Å². The van der Waals surface area contributed by atoms with Gasteiger partial charge in [-0.25, -0.2) is 8.42 Å². The standard InChI is InChI=1S/C30H34N4O5S/c1-21-29(22(2)39-32-21)40(37,38)34(17-23-9-4-3-5-10-23)20-26(35)19-33-16-15-25(18-33)31-30(36)28-14-8-12-24-11-6-7-13-27(24)28/h3-14,25-26,35H,15-20H2,1-2H3,(H,31,36). The fraction of sp³-hybridized carbons (Fsp3) is 0.333. The second-order valence-corrected chi connectivity index (χ2v) is 12.2. The highest BCUT2D eigenvalue weighted by molar-refractivity contribution is 7.89. The number of aliphatic hydroxyl groups is 1. The predicted octanol–water partition coefficient (Wildman–Crippen LogP) is 3.50. The molecule has 5 rings (SSSR count). The van der Waals surface area contributed by atoms with Gasteiger partial charge >= 0.3 is 0 Å². The minimum Gasteiger partial charge on any atom is -0.390 e. The highest BCUT2D eigenvalue weighted by Crippen LogP contribution is 2.25. The first-order valence-electron chi connectivity index (χ1n) is 13.4. The van der Waals surface area contributed by atoms with E-state index in [2.05, 4.69) is 15.4 Å². The highest BCUT2D eigenvalue weighted by Gasteiger charge is 2.34. The lowest BCUT2D eigenvalue weighted by Crippen LogP contribution is -2.43. The number of β-amino-alcohol motifs (C(OH)–C–C–N with tert-alkyl or cyclic N) is 1. The molecule has 2 atom stereocenters. The van der Waals surface area contributed by atoms with Crippen LogP contribution in [0.1, 0.15) is 33.8 Å². The first-order valence-corrected chi connectivity index (χ1v) is 14.8. The number of carbonyl (C=O) groups is 1. The molecule has 0 saturated carbocycles. The molecular formula is C30H34N4O5S. The summed E-state index contributed by atoms with van der Waals surface area (Å²) in [5.41, 5.74) is 1.73. The van der Waals surface area contributed by atoms with E-state index >= 15 is 0 Å². The van der Waals surface area contributed by atoms with Gasteiger partial charge < -0.3 is 14.9 Å². The van der Waals surface area contributed by atoms with Crippen molar-refractivity contribution in [3.05, 3.63) is 95.4 Å². The highest BCUT2D eigenvalue weighted by atomic mass is 32.2. The molecule has 0 aliphatic carbocycles. The molecular weight excluding hydrogens is 528 g/mol. The molecule has 2 unspecified atom stereocenters. The topological polar surface area (TPSA) is 116 Å². The van der Waals surface area contributed by atoms with Crippen LogP contribution in [0.2, 0.25) is 0 Å². The van der Waals surface area contributed by atoms with E-state index in [4.69, 9.17) is 4.52 Å². The van der Waals surface area contributed by atoms with Gasteiger partial charge in [0.15, 0.2) is 5.76 Å². The van der Waals surface area contributed by atoms with Crippen molar-refractivity contribution in [1.29, 1.82) is 0 Å². The Morgan fingerprint density at radius 1 is 1.10 bits per heavy atom. The summed E-state index contributed by atoms with van der Waals surface area (Å²) in [4.78, 5) is 15.2. The molecule has 2 N–H and O–H groups in total. The SMILES string of the molecule is Cc1noc(C)c1S(=O)(=O)N(Cc1ccccc1)CC(O)CN1CCC(NC(=O)c2cccc3ccccc23)C1. The van der Waals surface area contributed by atoms with Crippen molar-refractivity contribution in [2.24, 2.45) is 0 Å². The van der Waals surface area contributed by atoms with Gasteiger partial charge in [-0.3, -0.25) is 9.69 Å². The molecule has 9 nitrogen and oxygen atoms in total. The van der Waals surface area contributed by atoms with E-state index in [1.165, 1.54) is 4.31 Å². The fourth-order valence-corrected chi connectivity index (χ4v) is 7.16. The van der Waals surface area contributed by atoms with Gasteiger partial charge in [-0.1, -0.05) is 71.9 Å². The van der Waals surface area contributed by atoms with Crippen LogP contribution in [0, 0.1) is 13.8 Å². The maximum Gasteiger partial charge on any atom is 0.252 e. The van der Waals surface area contributed by atoms with Gasteiger partial charge in [0.05, 0.1) is 6.10 Å². The zero-order valence-corrected chi connectivity index (χ0v) is 23.5. The summed E-state index contributed by atoms with van der Waals surface area (Å²) in [5, 5.41) is 19.9. The van der Waals surface area contributed by atoms with Gasteiger partial charge in [0.1, 0.15) is 10.6 Å². The lowest BCUT2D eigenvalue weighted by Gasteiger charge is -2.27. The molecule has 3 aromatic carbocycles. The summed E-state index contributed by atoms with van der Waals surface area (Å²) in [6.07, 6.45) is -0.194. The lowest BCUT2D eigenvalue weighted by atomic mass is 10.0. The van der Waals surface area contributed by atoms with E-state index < -0.39 is 16.1 Å². The van der Waals surface area contributed by atoms with E-state index in [1.54, 1.807) is 13.8 Å². The van der Waals surface area contributed by atoms with Crippen LogP contribution in [-0.4, -0.2) is 72.1 Å². The molecule has 1 aliphatic rings. The van der Waals surface area contributed by atoms with Crippen LogP contribution >= 0.6 is 0 Å². The minimum absolute atomic E-state index is 0.0352. The average Bonchev–Trinajstić information content (AvgIpc) is 3.53. The number of nitrogens with one attached hydrogen (secondary N) is 1. The van der Waals surface area contributed by atoms with E-state index in [0.29, 0.717) is 18.7 Å². The molecule has 40 heavy (non-hydrogen) atoms. The molecule has 4 aromatic rings. The number of nitrogens with zero attached hydrogens (tertiary/aromatic N) is 3. The third-order valence-corrected chi connectivity index (χ3v) is 9.35. The molecule has 1 aromatic heterocycles. The Bertz CT molecular complexity index is 1560. The van der Waals surface area contributed by atoms with Gasteiger partial charge in [-0.2, -0.15) is 4.31 Å². The second-order valence-electron chi connectivity index (χ2n) is 10.3. The van der Waals surface area contributed by atoms with E-state index in [0.717, 1.165) is 22.8 Å². The molecule has 0 bridgehead atoms. The summed E-state index contributed by atoms with van der Waals surface area (Å²) in [6, 6.07) is 22.7. The zero-order valence-electron chi connectivity index (χ0n) is 22.7. The number of fused-ring (bicyclic) bond motifs is 1. The number of likely N-dealkylation sites (tertiary alicyclic amines) is 1. The zero-order chi connectivity index (χ0) is 28.3. The van der Waals surface area contributed by atoms with Crippen LogP contribution < -0.4 is 5.32 Å². The number of hydrogen-bond donors (Lipinski definition) is 2. The van der Waals surface area contributed by atoms with Crippen molar-refractivity contribution >= 4 is 26.7 Å². The molecule has 0 spiro atoms. The van der Waals surface area contributed by atoms with E-state index in [-0.39, 0.29) is 47.9 Å². The summed E-state index contributed by atoms with van der Waals surface area (Å²) in [6.45, 7) is 4.72. The quantitative estimate of drug-likeness (QED) is 0.304. The van der Waals surface area contributed by atoms with Crippen molar-refractivity contribution in [1.82, 2.24) is 19.7 Å². The normalized spacial score (nSPS) is 16.9. The number of rotatable bonds is 10. The van der Waals surface area contributed by atoms with Crippen molar-refractivity contribution in [3.8, 4) is 0 Å². The number of aliphatic hydroxyl groups excluding tert-OH is 1. The van der Waals surface area contributed by atoms with Gasteiger partial charge in [0, 0.05) is 44.3 Å². The third-order valence-electron chi connectivity index (χ3n) is 7.29. The van der Waals surface area contributed by atoms with Crippen molar-refractivity contribution < 1.29 is 22.8 Å². The first kappa shape index (κ1) is 28.0. The number of aromatic nitrogens is 1. The second kappa shape index (κ2) is 11.9. The molecule has 1 fully saturated rings. The number of carbonyl (C=O) groups excluding carboxylic acids is 1. The maximum absolute atomic E-state index is 13.7. The number of hydrogen-bond acceptors (Lipinski definition) is 7. The summed E-state index contributed by atoms with van der Waals surface area (Å²) < 4.78 is 33.8. The van der Waals surface area contributed by atoms with Crippen LogP contribution in [0.15, 0.2) is 82.2 Å². The predicted molar refractivity (Wildman–Crippen MR) is 152 cm³/mol. The molecule has 1 amide bonds. The van der Waals surface area contributed by atoms with E-state index in [9.17, 15) is 18.3 Å². The van der Waals surface area contributed by atoms with E-state index in [1.807, 2.05) is 72.8 Å². The minimum atomic E-state index is -3.98. The Hall–Kier alpha value is -3.57. The van der Waals surface area contributed by atoms with Crippen molar-refractivity contribution in [2.45, 2.75) is 43.9 Å².